The van der Waals surface area contributed by atoms with E-state index in [4.69, 9.17) is 28.6 Å². The fraction of sp³-hybridized carbons (Fsp3) is 0.391. The molecule has 0 atom stereocenters. The fourth-order valence-electron chi connectivity index (χ4n) is 3.42. The third-order valence-corrected chi connectivity index (χ3v) is 5.53. The summed E-state index contributed by atoms with van der Waals surface area (Å²) < 4.78 is 5.64. The highest BCUT2D eigenvalue weighted by molar-refractivity contribution is 7.80. The lowest BCUT2D eigenvalue weighted by Gasteiger charge is -2.31. The van der Waals surface area contributed by atoms with Crippen LogP contribution in [0.2, 0.25) is 5.02 Å². The maximum atomic E-state index is 12.6. The van der Waals surface area contributed by atoms with Crippen molar-refractivity contribution in [3.63, 3.8) is 0 Å². The number of para-hydroxylation sites is 1. The zero-order valence-corrected chi connectivity index (χ0v) is 18.8. The van der Waals surface area contributed by atoms with Crippen molar-refractivity contribution in [2.24, 2.45) is 0 Å². The van der Waals surface area contributed by atoms with Crippen LogP contribution in [0.5, 0.6) is 5.75 Å². The summed E-state index contributed by atoms with van der Waals surface area (Å²) >= 11 is 11.9. The molecule has 2 aromatic carbocycles. The number of halogens is 1. The van der Waals surface area contributed by atoms with Gasteiger partial charge in [0, 0.05) is 18.7 Å². The zero-order valence-electron chi connectivity index (χ0n) is 17.2. The number of amides is 1. The summed E-state index contributed by atoms with van der Waals surface area (Å²) in [6.07, 6.45) is 5.61. The Kier molecular flexibility index (Phi) is 8.34. The van der Waals surface area contributed by atoms with Crippen LogP contribution in [0.3, 0.4) is 0 Å². The number of hydrogen-bond acceptors (Lipinski definition) is 4. The van der Waals surface area contributed by atoms with Crippen molar-refractivity contribution in [3.05, 3.63) is 53.1 Å². The largest absolute Gasteiger partial charge is 0.494 e. The standard InChI is InChI=1S/C23H28ClN3O2S/c1-2-3-16-29-18-12-10-17(11-13-18)22(28)26-23(30)25-20-9-7-8-19(24)21(20)27-14-5-4-6-15-27/h7-13H,2-6,14-16H2,1H3,(H2,25,26,28,30). The Bertz CT molecular complexity index is 867. The van der Waals surface area contributed by atoms with E-state index >= 15 is 0 Å². The quantitative estimate of drug-likeness (QED) is 0.427. The summed E-state index contributed by atoms with van der Waals surface area (Å²) in [5.41, 5.74) is 2.25. The molecule has 1 heterocycles. The number of ether oxygens (including phenoxy) is 1. The number of nitrogens with zero attached hydrogens (tertiary/aromatic N) is 1. The maximum Gasteiger partial charge on any atom is 0.257 e. The van der Waals surface area contributed by atoms with Gasteiger partial charge in [0.25, 0.3) is 5.91 Å². The Morgan fingerprint density at radius 2 is 1.87 bits per heavy atom. The van der Waals surface area contributed by atoms with Crippen molar-refractivity contribution in [3.8, 4) is 5.75 Å². The van der Waals surface area contributed by atoms with E-state index in [2.05, 4.69) is 22.5 Å². The van der Waals surface area contributed by atoms with Crippen molar-refractivity contribution in [1.29, 1.82) is 0 Å². The molecule has 160 valence electrons. The predicted octanol–water partition coefficient (Wildman–Crippen LogP) is 5.64. The number of carbonyl (C=O) groups is 1. The molecular weight excluding hydrogens is 418 g/mol. The molecule has 1 fully saturated rings. The van der Waals surface area contributed by atoms with Gasteiger partial charge in [-0.05, 0) is 74.3 Å². The number of thiocarbonyl (C=S) groups is 1. The first-order chi connectivity index (χ1) is 14.6. The molecule has 2 N–H and O–H groups in total. The summed E-state index contributed by atoms with van der Waals surface area (Å²) in [5, 5.41) is 6.80. The Balaban J connectivity index is 1.61. The van der Waals surface area contributed by atoms with E-state index in [0.29, 0.717) is 17.2 Å². The normalized spacial score (nSPS) is 13.6. The SMILES string of the molecule is CCCCOc1ccc(C(=O)NC(=S)Nc2cccc(Cl)c2N2CCCCC2)cc1. The highest BCUT2D eigenvalue weighted by Gasteiger charge is 2.18. The molecule has 30 heavy (non-hydrogen) atoms. The fourth-order valence-corrected chi connectivity index (χ4v) is 3.92. The third kappa shape index (κ3) is 6.09. The summed E-state index contributed by atoms with van der Waals surface area (Å²) in [5.74, 6) is 0.486. The molecule has 1 aliphatic heterocycles. The number of rotatable bonds is 7. The second kappa shape index (κ2) is 11.2. The van der Waals surface area contributed by atoms with Gasteiger partial charge in [0.15, 0.2) is 5.11 Å². The average Bonchev–Trinajstić information content (AvgIpc) is 2.75. The Morgan fingerprint density at radius 1 is 1.13 bits per heavy atom. The van der Waals surface area contributed by atoms with Crippen LogP contribution >= 0.6 is 23.8 Å². The molecule has 1 aliphatic rings. The van der Waals surface area contributed by atoms with Crippen molar-refractivity contribution < 1.29 is 9.53 Å². The van der Waals surface area contributed by atoms with Gasteiger partial charge < -0.3 is 15.0 Å². The van der Waals surface area contributed by atoms with E-state index in [0.717, 1.165) is 55.9 Å². The molecule has 3 rings (SSSR count). The zero-order chi connectivity index (χ0) is 21.3. The van der Waals surface area contributed by atoms with Gasteiger partial charge in [-0.2, -0.15) is 0 Å². The van der Waals surface area contributed by atoms with Crippen LogP contribution in [-0.4, -0.2) is 30.7 Å². The third-order valence-electron chi connectivity index (χ3n) is 5.02. The molecule has 0 aromatic heterocycles. The van der Waals surface area contributed by atoms with E-state index in [1.165, 1.54) is 6.42 Å². The molecule has 1 amide bonds. The minimum absolute atomic E-state index is 0.240. The van der Waals surface area contributed by atoms with Gasteiger partial charge in [0.1, 0.15) is 5.75 Å². The molecule has 0 spiro atoms. The minimum Gasteiger partial charge on any atom is -0.494 e. The Hall–Kier alpha value is -2.31. The molecule has 0 aliphatic carbocycles. The van der Waals surface area contributed by atoms with Crippen molar-refractivity contribution >= 4 is 46.2 Å². The van der Waals surface area contributed by atoms with Crippen LogP contribution in [-0.2, 0) is 0 Å². The van der Waals surface area contributed by atoms with Gasteiger partial charge in [0.2, 0.25) is 0 Å². The van der Waals surface area contributed by atoms with Crippen LogP contribution in [0.1, 0.15) is 49.4 Å². The molecule has 0 bridgehead atoms. The van der Waals surface area contributed by atoms with E-state index in [1.807, 2.05) is 18.2 Å². The van der Waals surface area contributed by atoms with Crippen LogP contribution < -0.4 is 20.3 Å². The van der Waals surface area contributed by atoms with Crippen molar-refractivity contribution in [2.75, 3.05) is 29.9 Å². The first-order valence-corrected chi connectivity index (χ1v) is 11.3. The molecule has 0 radical (unpaired) electrons. The summed E-state index contributed by atoms with van der Waals surface area (Å²) in [6, 6.07) is 12.7. The Morgan fingerprint density at radius 3 is 2.57 bits per heavy atom. The lowest BCUT2D eigenvalue weighted by molar-refractivity contribution is 0.0977. The van der Waals surface area contributed by atoms with Crippen molar-refractivity contribution in [1.82, 2.24) is 5.32 Å². The second-order valence-electron chi connectivity index (χ2n) is 7.32. The van der Waals surface area contributed by atoms with Gasteiger partial charge in [-0.1, -0.05) is 31.0 Å². The van der Waals surface area contributed by atoms with Crippen LogP contribution in [0, 0.1) is 0 Å². The lowest BCUT2D eigenvalue weighted by atomic mass is 10.1. The summed E-state index contributed by atoms with van der Waals surface area (Å²) in [6.45, 7) is 4.72. The second-order valence-corrected chi connectivity index (χ2v) is 8.13. The molecule has 2 aromatic rings. The average molecular weight is 446 g/mol. The summed E-state index contributed by atoms with van der Waals surface area (Å²) in [4.78, 5) is 14.8. The topological polar surface area (TPSA) is 53.6 Å². The predicted molar refractivity (Wildman–Crippen MR) is 128 cm³/mol. The van der Waals surface area contributed by atoms with Gasteiger partial charge in [-0.25, -0.2) is 0 Å². The van der Waals surface area contributed by atoms with E-state index in [1.54, 1.807) is 24.3 Å². The van der Waals surface area contributed by atoms with Gasteiger partial charge >= 0.3 is 0 Å². The minimum atomic E-state index is -0.269. The van der Waals surface area contributed by atoms with Crippen LogP contribution in [0.25, 0.3) is 0 Å². The highest BCUT2D eigenvalue weighted by Crippen LogP contribution is 2.35. The van der Waals surface area contributed by atoms with Crippen LogP contribution in [0.4, 0.5) is 11.4 Å². The molecule has 0 unspecified atom stereocenters. The molecule has 0 saturated carbocycles. The van der Waals surface area contributed by atoms with Gasteiger partial charge in [-0.3, -0.25) is 10.1 Å². The maximum absolute atomic E-state index is 12.6. The Labute approximate surface area is 188 Å². The number of nitrogens with one attached hydrogen (secondary N) is 2. The van der Waals surface area contributed by atoms with E-state index in [9.17, 15) is 4.79 Å². The monoisotopic (exact) mass is 445 g/mol. The molecule has 1 saturated heterocycles. The molecule has 5 nitrogen and oxygen atoms in total. The van der Waals surface area contributed by atoms with Gasteiger partial charge in [-0.15, -0.1) is 0 Å². The van der Waals surface area contributed by atoms with Crippen LogP contribution in [0.15, 0.2) is 42.5 Å². The van der Waals surface area contributed by atoms with Crippen molar-refractivity contribution in [2.45, 2.75) is 39.0 Å². The van der Waals surface area contributed by atoms with Gasteiger partial charge in [0.05, 0.1) is 23.0 Å². The van der Waals surface area contributed by atoms with E-state index in [-0.39, 0.29) is 11.0 Å². The van der Waals surface area contributed by atoms with E-state index < -0.39 is 0 Å². The number of carbonyl (C=O) groups excluding carboxylic acids is 1. The smallest absolute Gasteiger partial charge is 0.257 e. The lowest BCUT2D eigenvalue weighted by Crippen LogP contribution is -2.35. The number of anilines is 2. The number of piperidine rings is 1. The first-order valence-electron chi connectivity index (χ1n) is 10.5. The number of benzene rings is 2. The molecular formula is C23H28ClN3O2S. The number of unbranched alkanes of at least 4 members (excludes halogenated alkanes) is 1. The highest BCUT2D eigenvalue weighted by atomic mass is 35.5. The molecule has 7 heteroatoms. The summed E-state index contributed by atoms with van der Waals surface area (Å²) in [7, 11) is 0. The first kappa shape index (κ1) is 22.4. The number of hydrogen-bond donors (Lipinski definition) is 2.